The van der Waals surface area contributed by atoms with Crippen molar-refractivity contribution < 1.29 is 9.05 Å². The van der Waals surface area contributed by atoms with E-state index in [2.05, 4.69) is 49.8 Å². The number of aliphatic imine (C=N–C) groups is 1. The number of aromatic nitrogens is 4. The lowest BCUT2D eigenvalue weighted by Crippen LogP contribution is -2.37. The molecule has 0 aliphatic rings. The van der Waals surface area contributed by atoms with Gasteiger partial charge in [-0.1, -0.05) is 30.2 Å². The number of nitrogens with one attached hydrogen (secondary N) is 2. The lowest BCUT2D eigenvalue weighted by atomic mass is 9.99. The normalized spacial score (nSPS) is 11.4. The van der Waals surface area contributed by atoms with Crippen LogP contribution in [0.3, 0.4) is 0 Å². The molecule has 0 aliphatic carbocycles. The van der Waals surface area contributed by atoms with Crippen molar-refractivity contribution in [1.82, 2.24) is 30.9 Å². The number of hydrogen-bond acceptors (Lipinski definition) is 7. The van der Waals surface area contributed by atoms with E-state index in [1.54, 1.807) is 13.2 Å². The Morgan fingerprint density at radius 3 is 2.67 bits per heavy atom. The number of pyridine rings is 1. The van der Waals surface area contributed by atoms with Gasteiger partial charge >= 0.3 is 0 Å². The van der Waals surface area contributed by atoms with Crippen molar-refractivity contribution in [2.45, 2.75) is 45.6 Å². The van der Waals surface area contributed by atoms with E-state index in [-0.39, 0.29) is 24.0 Å². The predicted octanol–water partition coefficient (Wildman–Crippen LogP) is 3.55. The molecule has 0 atom stereocenters. The van der Waals surface area contributed by atoms with Gasteiger partial charge in [0.05, 0.1) is 12.2 Å². The van der Waals surface area contributed by atoms with E-state index in [1.165, 1.54) is 0 Å². The Morgan fingerprint density at radius 2 is 1.97 bits per heavy atom. The summed E-state index contributed by atoms with van der Waals surface area (Å²) in [5, 5.41) is 14.6. The highest BCUT2D eigenvalue weighted by Gasteiger charge is 2.13. The molecule has 0 spiro atoms. The van der Waals surface area contributed by atoms with Gasteiger partial charge in [-0.25, -0.2) is 0 Å². The first-order valence-electron chi connectivity index (χ1n) is 9.87. The minimum atomic E-state index is 0. The molecule has 3 aromatic rings. The zero-order valence-corrected chi connectivity index (χ0v) is 19.8. The molecule has 30 heavy (non-hydrogen) atoms. The third-order valence-corrected chi connectivity index (χ3v) is 4.63. The van der Waals surface area contributed by atoms with Crippen LogP contribution in [0.2, 0.25) is 0 Å². The Labute approximate surface area is 193 Å². The van der Waals surface area contributed by atoms with Crippen molar-refractivity contribution in [3.63, 3.8) is 0 Å². The van der Waals surface area contributed by atoms with Gasteiger partial charge in [0.15, 0.2) is 17.5 Å². The summed E-state index contributed by atoms with van der Waals surface area (Å²) in [6.45, 7) is 5.44. The predicted molar refractivity (Wildman–Crippen MR) is 125 cm³/mol. The second-order valence-electron chi connectivity index (χ2n) is 6.56. The van der Waals surface area contributed by atoms with Crippen molar-refractivity contribution in [2.75, 3.05) is 13.6 Å². The van der Waals surface area contributed by atoms with Gasteiger partial charge in [-0.05, 0) is 25.0 Å². The van der Waals surface area contributed by atoms with E-state index in [1.807, 2.05) is 24.3 Å². The maximum absolute atomic E-state index is 5.43. The Balaban J connectivity index is 0.00000320. The van der Waals surface area contributed by atoms with Gasteiger partial charge in [0.2, 0.25) is 0 Å². The van der Waals surface area contributed by atoms with Crippen molar-refractivity contribution in [3.8, 4) is 11.6 Å². The Hall–Kier alpha value is -2.50. The van der Waals surface area contributed by atoms with Crippen LogP contribution in [0.25, 0.3) is 11.6 Å². The van der Waals surface area contributed by atoms with E-state index in [0.29, 0.717) is 48.8 Å². The van der Waals surface area contributed by atoms with E-state index in [9.17, 15) is 0 Å². The molecule has 0 fully saturated rings. The molecule has 162 valence electrons. The molecule has 0 bridgehead atoms. The first-order valence-corrected chi connectivity index (χ1v) is 9.87. The fraction of sp³-hybridized carbons (Fsp3) is 0.450. The molecule has 10 heteroatoms. The van der Waals surface area contributed by atoms with Crippen molar-refractivity contribution >= 4 is 29.9 Å². The van der Waals surface area contributed by atoms with Crippen molar-refractivity contribution in [2.24, 2.45) is 4.99 Å². The highest BCUT2D eigenvalue weighted by molar-refractivity contribution is 14.0. The molecule has 3 heterocycles. The number of hydrogen-bond donors (Lipinski definition) is 2. The monoisotopic (exact) mass is 525 g/mol. The van der Waals surface area contributed by atoms with Gasteiger partial charge in [-0.2, -0.15) is 4.98 Å². The fourth-order valence-electron chi connectivity index (χ4n) is 2.94. The van der Waals surface area contributed by atoms with E-state index < -0.39 is 0 Å². The highest BCUT2D eigenvalue weighted by atomic mass is 127. The first kappa shape index (κ1) is 23.8. The lowest BCUT2D eigenvalue weighted by Gasteiger charge is -2.09. The minimum Gasteiger partial charge on any atom is -0.359 e. The lowest BCUT2D eigenvalue weighted by molar-refractivity contribution is 0.368. The molecule has 9 nitrogen and oxygen atoms in total. The molecule has 3 rings (SSSR count). The molecule has 0 radical (unpaired) electrons. The summed E-state index contributed by atoms with van der Waals surface area (Å²) < 4.78 is 10.7. The van der Waals surface area contributed by atoms with Gasteiger partial charge < -0.3 is 19.7 Å². The molecular weight excluding hydrogens is 497 g/mol. The SMILES string of the molecule is CCC(CC)c1cc(CNC(=NC)NCCc2noc(-c3ccccn3)n2)on1.I. The van der Waals surface area contributed by atoms with Crippen LogP contribution in [0, 0.1) is 0 Å². The standard InChI is InChI=1S/C20H27N7O2.HI/c1-4-14(5-2)17-12-15(28-26-17)13-24-20(21-3)23-11-9-18-25-19(29-27-18)16-8-6-7-10-22-16;/h6-8,10,12,14H,4-5,9,11,13H2,1-3H3,(H2,21,23,24);1H. The number of guanidine groups is 1. The molecule has 3 aromatic heterocycles. The molecule has 0 aliphatic heterocycles. The number of halogens is 1. The summed E-state index contributed by atoms with van der Waals surface area (Å²) in [5.41, 5.74) is 1.67. The summed E-state index contributed by atoms with van der Waals surface area (Å²) in [5.74, 6) is 2.92. The van der Waals surface area contributed by atoms with Crippen LogP contribution in [0.1, 0.15) is 49.9 Å². The zero-order valence-electron chi connectivity index (χ0n) is 17.5. The van der Waals surface area contributed by atoms with Crippen LogP contribution < -0.4 is 10.6 Å². The van der Waals surface area contributed by atoms with Crippen LogP contribution in [-0.2, 0) is 13.0 Å². The maximum atomic E-state index is 5.43. The molecule has 0 saturated heterocycles. The van der Waals surface area contributed by atoms with Crippen LogP contribution in [0.15, 0.2) is 44.5 Å². The third-order valence-electron chi connectivity index (χ3n) is 4.63. The molecular formula is C20H28IN7O2. The Kier molecular flexibility index (Phi) is 9.71. The molecule has 0 unspecified atom stereocenters. The topological polar surface area (TPSA) is 114 Å². The quantitative estimate of drug-likeness (QED) is 0.248. The number of nitrogens with zero attached hydrogens (tertiary/aromatic N) is 5. The van der Waals surface area contributed by atoms with Gasteiger partial charge in [0.25, 0.3) is 5.89 Å². The van der Waals surface area contributed by atoms with Crippen molar-refractivity contribution in [3.05, 3.63) is 47.7 Å². The van der Waals surface area contributed by atoms with Gasteiger partial charge in [-0.15, -0.1) is 24.0 Å². The third kappa shape index (κ3) is 6.51. The van der Waals surface area contributed by atoms with Gasteiger partial charge in [0.1, 0.15) is 5.69 Å². The van der Waals surface area contributed by atoms with Crippen molar-refractivity contribution in [1.29, 1.82) is 0 Å². The second kappa shape index (κ2) is 12.3. The summed E-state index contributed by atoms with van der Waals surface area (Å²) in [6, 6.07) is 7.57. The molecule has 2 N–H and O–H groups in total. The molecule has 0 amide bonds. The molecule has 0 aromatic carbocycles. The summed E-state index contributed by atoms with van der Waals surface area (Å²) >= 11 is 0. The smallest absolute Gasteiger partial charge is 0.276 e. The highest BCUT2D eigenvalue weighted by Crippen LogP contribution is 2.22. The average Bonchev–Trinajstić information content (AvgIpc) is 3.42. The largest absolute Gasteiger partial charge is 0.359 e. The van der Waals surface area contributed by atoms with E-state index in [4.69, 9.17) is 9.05 Å². The zero-order chi connectivity index (χ0) is 20.5. The number of rotatable bonds is 9. The van der Waals surface area contributed by atoms with Gasteiger partial charge in [-0.3, -0.25) is 9.98 Å². The van der Waals surface area contributed by atoms with E-state index in [0.717, 1.165) is 24.3 Å². The summed E-state index contributed by atoms with van der Waals surface area (Å²) in [6.07, 6.45) is 4.39. The maximum Gasteiger partial charge on any atom is 0.276 e. The van der Waals surface area contributed by atoms with E-state index >= 15 is 0 Å². The Bertz CT molecular complexity index is 907. The Morgan fingerprint density at radius 1 is 1.13 bits per heavy atom. The van der Waals surface area contributed by atoms with Crippen LogP contribution in [-0.4, -0.2) is 39.8 Å². The average molecular weight is 525 g/mol. The van der Waals surface area contributed by atoms with Crippen LogP contribution in [0.4, 0.5) is 0 Å². The van der Waals surface area contributed by atoms with Gasteiger partial charge in [0, 0.05) is 38.2 Å². The van der Waals surface area contributed by atoms with Crippen LogP contribution in [0.5, 0.6) is 0 Å². The molecule has 0 saturated carbocycles. The minimum absolute atomic E-state index is 0. The second-order valence-corrected chi connectivity index (χ2v) is 6.56. The van der Waals surface area contributed by atoms with Crippen LogP contribution >= 0.6 is 24.0 Å². The fourth-order valence-corrected chi connectivity index (χ4v) is 2.94. The first-order chi connectivity index (χ1) is 14.2. The summed E-state index contributed by atoms with van der Waals surface area (Å²) in [7, 11) is 1.72. The summed E-state index contributed by atoms with van der Waals surface area (Å²) in [4.78, 5) is 12.8.